The van der Waals surface area contributed by atoms with Crippen LogP contribution in [-0.2, 0) is 10.9 Å². The maximum Gasteiger partial charge on any atom is 0.416 e. The van der Waals surface area contributed by atoms with Crippen molar-refractivity contribution in [3.63, 3.8) is 0 Å². The molecule has 0 aliphatic heterocycles. The van der Waals surface area contributed by atoms with Crippen LogP contribution >= 0.6 is 0 Å². The van der Waals surface area contributed by atoms with Gasteiger partial charge in [-0.05, 0) is 25.1 Å². The summed E-state index contributed by atoms with van der Waals surface area (Å²) >= 11 is 0. The Hall–Kier alpha value is -1.69. The van der Waals surface area contributed by atoms with E-state index < -0.39 is 11.7 Å². The Morgan fingerprint density at radius 2 is 2.11 bits per heavy atom. The van der Waals surface area contributed by atoms with Gasteiger partial charge in [-0.3, -0.25) is 0 Å². The van der Waals surface area contributed by atoms with Crippen molar-refractivity contribution in [1.82, 2.24) is 0 Å². The van der Waals surface area contributed by atoms with Crippen molar-refractivity contribution >= 4 is 11.4 Å². The van der Waals surface area contributed by atoms with Gasteiger partial charge < -0.3 is 15.8 Å². The number of hydrogen-bond donors (Lipinski definition) is 2. The van der Waals surface area contributed by atoms with Gasteiger partial charge in [0.25, 0.3) is 0 Å². The van der Waals surface area contributed by atoms with Crippen molar-refractivity contribution in [2.75, 3.05) is 30.8 Å². The Morgan fingerprint density at radius 1 is 1.42 bits per heavy atom. The van der Waals surface area contributed by atoms with Crippen LogP contribution in [0.1, 0.15) is 12.5 Å². The van der Waals surface area contributed by atoms with Crippen LogP contribution in [0.15, 0.2) is 30.4 Å². The zero-order valence-corrected chi connectivity index (χ0v) is 10.7. The van der Waals surface area contributed by atoms with Crippen LogP contribution in [0.2, 0.25) is 0 Å². The topological polar surface area (TPSA) is 47.3 Å². The highest BCUT2D eigenvalue weighted by molar-refractivity contribution is 5.67. The molecule has 106 valence electrons. The van der Waals surface area contributed by atoms with Gasteiger partial charge in [0, 0.05) is 6.54 Å². The molecule has 0 aromatic heterocycles. The van der Waals surface area contributed by atoms with Crippen molar-refractivity contribution in [2.24, 2.45) is 0 Å². The van der Waals surface area contributed by atoms with Crippen molar-refractivity contribution in [3.05, 3.63) is 35.9 Å². The third kappa shape index (κ3) is 5.21. The molecule has 0 spiro atoms. The van der Waals surface area contributed by atoms with E-state index in [9.17, 15) is 13.2 Å². The molecule has 0 aliphatic rings. The van der Waals surface area contributed by atoms with Crippen molar-refractivity contribution in [1.29, 1.82) is 0 Å². The van der Waals surface area contributed by atoms with E-state index in [4.69, 9.17) is 10.5 Å². The Bertz CT molecular complexity index is 444. The third-order valence-corrected chi connectivity index (χ3v) is 2.29. The molecule has 0 bridgehead atoms. The number of hydrogen-bond acceptors (Lipinski definition) is 3. The summed E-state index contributed by atoms with van der Waals surface area (Å²) in [5.74, 6) is 0. The molecule has 1 rings (SSSR count). The molecular weight excluding hydrogens is 257 g/mol. The summed E-state index contributed by atoms with van der Waals surface area (Å²) in [5.41, 5.74) is 6.25. The summed E-state index contributed by atoms with van der Waals surface area (Å²) in [5, 5.41) is 2.92. The van der Waals surface area contributed by atoms with Crippen LogP contribution in [0, 0.1) is 0 Å². The maximum atomic E-state index is 12.4. The lowest BCUT2D eigenvalue weighted by molar-refractivity contribution is -0.137. The molecule has 1 aromatic rings. The van der Waals surface area contributed by atoms with Gasteiger partial charge in [-0.25, -0.2) is 0 Å². The van der Waals surface area contributed by atoms with Gasteiger partial charge in [0.1, 0.15) is 0 Å². The van der Waals surface area contributed by atoms with Crippen LogP contribution in [0.5, 0.6) is 0 Å². The molecule has 0 saturated heterocycles. The number of nitrogen functional groups attached to an aromatic ring is 1. The number of ether oxygens (including phenoxy) is 1. The van der Waals surface area contributed by atoms with E-state index in [0.29, 0.717) is 25.4 Å². The van der Waals surface area contributed by atoms with Gasteiger partial charge in [-0.15, -0.1) is 0 Å². The molecule has 0 unspecified atom stereocenters. The van der Waals surface area contributed by atoms with E-state index in [1.807, 2.05) is 6.92 Å². The van der Waals surface area contributed by atoms with Gasteiger partial charge in [0.15, 0.2) is 0 Å². The van der Waals surface area contributed by atoms with Gasteiger partial charge in [0.2, 0.25) is 0 Å². The van der Waals surface area contributed by atoms with Gasteiger partial charge in [0.05, 0.1) is 30.2 Å². The number of nitrogens with two attached hydrogens (primary N) is 1. The molecule has 6 heteroatoms. The largest absolute Gasteiger partial charge is 0.416 e. The smallest absolute Gasteiger partial charge is 0.397 e. The molecule has 0 aliphatic carbocycles. The highest BCUT2D eigenvalue weighted by Crippen LogP contribution is 2.32. The molecule has 0 fully saturated rings. The van der Waals surface area contributed by atoms with E-state index in [1.54, 1.807) is 0 Å². The van der Waals surface area contributed by atoms with E-state index in [0.717, 1.165) is 17.7 Å². The minimum absolute atomic E-state index is 0.0646. The summed E-state index contributed by atoms with van der Waals surface area (Å²) in [7, 11) is 0. The number of nitrogens with one attached hydrogen (secondary N) is 1. The zero-order chi connectivity index (χ0) is 14.5. The second-order valence-corrected chi connectivity index (χ2v) is 4.24. The molecule has 3 N–H and O–H groups in total. The molecule has 0 amide bonds. The predicted octanol–water partition coefficient (Wildman–Crippen LogP) is 3.29. The fourth-order valence-corrected chi connectivity index (χ4v) is 1.40. The van der Waals surface area contributed by atoms with Crippen LogP contribution in [0.25, 0.3) is 0 Å². The molecule has 0 radical (unpaired) electrons. The first-order chi connectivity index (χ1) is 8.80. The van der Waals surface area contributed by atoms with Crippen molar-refractivity contribution < 1.29 is 17.9 Å². The average molecular weight is 274 g/mol. The summed E-state index contributed by atoms with van der Waals surface area (Å²) < 4.78 is 42.5. The SMILES string of the molecule is C=C(C)COCCNc1ccc(C(F)(F)F)cc1N. The number of alkyl halides is 3. The maximum absolute atomic E-state index is 12.4. The Balaban J connectivity index is 2.49. The summed E-state index contributed by atoms with van der Waals surface area (Å²) in [6.07, 6.45) is -4.38. The fraction of sp³-hybridized carbons (Fsp3) is 0.385. The fourth-order valence-electron chi connectivity index (χ4n) is 1.40. The Morgan fingerprint density at radius 3 is 2.63 bits per heavy atom. The van der Waals surface area contributed by atoms with E-state index >= 15 is 0 Å². The van der Waals surface area contributed by atoms with Gasteiger partial charge in [-0.2, -0.15) is 13.2 Å². The standard InChI is InChI=1S/C13H17F3N2O/c1-9(2)8-19-6-5-18-12-4-3-10(7-11(12)17)13(14,15)16/h3-4,7,18H,1,5-6,8,17H2,2H3. The monoisotopic (exact) mass is 274 g/mol. The van der Waals surface area contributed by atoms with Gasteiger partial charge >= 0.3 is 6.18 Å². The minimum Gasteiger partial charge on any atom is -0.397 e. The Labute approximate surface area is 110 Å². The predicted molar refractivity (Wildman–Crippen MR) is 70.0 cm³/mol. The molecule has 19 heavy (non-hydrogen) atoms. The Kier molecular flexibility index (Phi) is 5.23. The second-order valence-electron chi connectivity index (χ2n) is 4.24. The van der Waals surface area contributed by atoms with Crippen LogP contribution in [0.4, 0.5) is 24.5 Å². The van der Waals surface area contributed by atoms with Gasteiger partial charge in [-0.1, -0.05) is 12.2 Å². The highest BCUT2D eigenvalue weighted by Gasteiger charge is 2.30. The van der Waals surface area contributed by atoms with Crippen molar-refractivity contribution in [3.8, 4) is 0 Å². The summed E-state index contributed by atoms with van der Waals surface area (Å²) in [6, 6.07) is 3.22. The number of rotatable bonds is 6. The molecule has 1 aromatic carbocycles. The van der Waals surface area contributed by atoms with E-state index in [1.165, 1.54) is 6.07 Å². The quantitative estimate of drug-likeness (QED) is 0.475. The molecule has 3 nitrogen and oxygen atoms in total. The first-order valence-corrected chi connectivity index (χ1v) is 5.73. The molecule has 0 atom stereocenters. The average Bonchev–Trinajstić information content (AvgIpc) is 2.28. The minimum atomic E-state index is -4.38. The lowest BCUT2D eigenvalue weighted by Gasteiger charge is -2.12. The van der Waals surface area contributed by atoms with E-state index in [2.05, 4.69) is 11.9 Å². The summed E-state index contributed by atoms with van der Waals surface area (Å²) in [6.45, 7) is 6.88. The highest BCUT2D eigenvalue weighted by atomic mass is 19.4. The first kappa shape index (κ1) is 15.4. The molecular formula is C13H17F3N2O. The van der Waals surface area contributed by atoms with Crippen LogP contribution in [-0.4, -0.2) is 19.8 Å². The lowest BCUT2D eigenvalue weighted by atomic mass is 10.1. The first-order valence-electron chi connectivity index (χ1n) is 5.73. The van der Waals surface area contributed by atoms with Crippen LogP contribution < -0.4 is 11.1 Å². The third-order valence-electron chi connectivity index (χ3n) is 2.29. The lowest BCUT2D eigenvalue weighted by Crippen LogP contribution is -2.12. The number of anilines is 2. The summed E-state index contributed by atoms with van der Waals surface area (Å²) in [4.78, 5) is 0. The van der Waals surface area contributed by atoms with Crippen molar-refractivity contribution in [2.45, 2.75) is 13.1 Å². The van der Waals surface area contributed by atoms with Crippen LogP contribution in [0.3, 0.4) is 0 Å². The second kappa shape index (κ2) is 6.47. The molecule has 0 saturated carbocycles. The number of halogens is 3. The van der Waals surface area contributed by atoms with E-state index in [-0.39, 0.29) is 5.69 Å². The molecule has 0 heterocycles. The number of benzene rings is 1. The zero-order valence-electron chi connectivity index (χ0n) is 10.7. The normalized spacial score (nSPS) is 11.4.